The molecule has 0 aliphatic heterocycles. The number of nitrogens with zero attached hydrogens (tertiary/aromatic N) is 2. The van der Waals surface area contributed by atoms with Crippen LogP contribution in [0.15, 0.2) is 30.3 Å². The van der Waals surface area contributed by atoms with E-state index in [1.54, 1.807) is 0 Å². The Morgan fingerprint density at radius 2 is 2.00 bits per heavy atom. The lowest BCUT2D eigenvalue weighted by Gasteiger charge is -2.26. The quantitative estimate of drug-likeness (QED) is 0.702. The molecule has 0 unspecified atom stereocenters. The van der Waals surface area contributed by atoms with Crippen molar-refractivity contribution in [3.8, 4) is 0 Å². The summed E-state index contributed by atoms with van der Waals surface area (Å²) in [6.45, 7) is 4.77. The van der Waals surface area contributed by atoms with Crippen molar-refractivity contribution in [2.24, 2.45) is 0 Å². The number of nitrogens with one attached hydrogen (secondary N) is 2. The van der Waals surface area contributed by atoms with E-state index in [4.69, 9.17) is 0 Å². The Kier molecular flexibility index (Phi) is 5.01. The van der Waals surface area contributed by atoms with Crippen molar-refractivity contribution >= 4 is 16.9 Å². The predicted octanol–water partition coefficient (Wildman–Crippen LogP) is 4.46. The fraction of sp³-hybridized carbons (Fsp3) is 0.455. The van der Waals surface area contributed by atoms with Crippen molar-refractivity contribution in [1.29, 1.82) is 0 Å². The number of benzene rings is 1. The van der Waals surface area contributed by atoms with Gasteiger partial charge >= 0.3 is 0 Å². The Bertz CT molecular complexity index is 914. The molecule has 2 aromatic heterocycles. The lowest BCUT2D eigenvalue weighted by molar-refractivity contribution is 0.0953. The minimum Gasteiger partial charge on any atom is -0.352 e. The average Bonchev–Trinajstić information content (AvgIpc) is 3.22. The number of fused-ring (bicyclic) bond motifs is 1. The van der Waals surface area contributed by atoms with Crippen molar-refractivity contribution in [2.45, 2.75) is 58.4 Å². The Morgan fingerprint density at radius 1 is 1.22 bits per heavy atom. The highest BCUT2D eigenvalue weighted by Gasteiger charge is 2.22. The molecule has 1 saturated carbocycles. The zero-order valence-electron chi connectivity index (χ0n) is 16.2. The molecule has 1 aliphatic carbocycles. The van der Waals surface area contributed by atoms with Gasteiger partial charge in [-0.05, 0) is 44.9 Å². The van der Waals surface area contributed by atoms with Crippen LogP contribution < -0.4 is 5.32 Å². The molecule has 5 heteroatoms. The van der Waals surface area contributed by atoms with E-state index in [0.29, 0.717) is 19.0 Å². The van der Waals surface area contributed by atoms with Gasteiger partial charge in [0.25, 0.3) is 5.91 Å². The van der Waals surface area contributed by atoms with E-state index in [-0.39, 0.29) is 5.91 Å². The summed E-state index contributed by atoms with van der Waals surface area (Å²) in [4.78, 5) is 20.6. The second-order valence-electron chi connectivity index (χ2n) is 7.65. The number of imidazole rings is 1. The highest BCUT2D eigenvalue weighted by atomic mass is 16.1. The van der Waals surface area contributed by atoms with E-state index < -0.39 is 0 Å². The number of amides is 1. The van der Waals surface area contributed by atoms with E-state index in [1.807, 2.05) is 30.3 Å². The molecule has 1 aromatic carbocycles. The summed E-state index contributed by atoms with van der Waals surface area (Å²) in [6, 6.07) is 10.6. The minimum atomic E-state index is 0.0151. The molecule has 2 N–H and O–H groups in total. The molecule has 0 saturated heterocycles. The zero-order chi connectivity index (χ0) is 18.8. The Labute approximate surface area is 160 Å². The van der Waals surface area contributed by atoms with Crippen molar-refractivity contribution < 1.29 is 4.79 Å². The third-order valence-corrected chi connectivity index (χ3v) is 5.75. The first-order chi connectivity index (χ1) is 13.1. The van der Waals surface area contributed by atoms with Gasteiger partial charge in [-0.3, -0.25) is 4.79 Å². The lowest BCUT2D eigenvalue weighted by atomic mass is 9.95. The number of hydrogen-bond acceptors (Lipinski definition) is 2. The number of aromatic nitrogens is 3. The summed E-state index contributed by atoms with van der Waals surface area (Å²) < 4.78 is 2.38. The average molecular weight is 364 g/mol. The number of hydrogen-bond donors (Lipinski definition) is 2. The van der Waals surface area contributed by atoms with Crippen LogP contribution in [0.2, 0.25) is 0 Å². The lowest BCUT2D eigenvalue weighted by Crippen LogP contribution is -2.26. The van der Waals surface area contributed by atoms with Crippen LogP contribution in [0.1, 0.15) is 65.7 Å². The zero-order valence-corrected chi connectivity index (χ0v) is 16.2. The highest BCUT2D eigenvalue weighted by molar-refractivity contribution is 5.95. The molecule has 27 heavy (non-hydrogen) atoms. The highest BCUT2D eigenvalue weighted by Crippen LogP contribution is 2.32. The maximum absolute atomic E-state index is 12.7. The van der Waals surface area contributed by atoms with Crippen molar-refractivity contribution in [2.75, 3.05) is 6.54 Å². The van der Waals surface area contributed by atoms with Crippen LogP contribution in [0, 0.1) is 13.8 Å². The molecule has 2 heterocycles. The fourth-order valence-corrected chi connectivity index (χ4v) is 4.42. The molecule has 3 aromatic rings. The van der Waals surface area contributed by atoms with Gasteiger partial charge in [0.2, 0.25) is 0 Å². The summed E-state index contributed by atoms with van der Waals surface area (Å²) in [5.41, 5.74) is 5.11. The Balaban J connectivity index is 1.40. The molecule has 1 fully saturated rings. The van der Waals surface area contributed by atoms with Gasteiger partial charge in [0, 0.05) is 30.4 Å². The van der Waals surface area contributed by atoms with Crippen LogP contribution in [-0.4, -0.2) is 27.0 Å². The van der Waals surface area contributed by atoms with Gasteiger partial charge in [0.15, 0.2) is 0 Å². The number of aromatic amines is 1. The second-order valence-corrected chi connectivity index (χ2v) is 7.65. The summed E-state index contributed by atoms with van der Waals surface area (Å²) >= 11 is 0. The number of rotatable bonds is 5. The maximum Gasteiger partial charge on any atom is 0.253 e. The van der Waals surface area contributed by atoms with Gasteiger partial charge in [-0.25, -0.2) is 4.98 Å². The first kappa shape index (κ1) is 17.8. The van der Waals surface area contributed by atoms with Gasteiger partial charge in [-0.15, -0.1) is 0 Å². The van der Waals surface area contributed by atoms with Crippen LogP contribution in [0.5, 0.6) is 0 Å². The molecule has 1 amide bonds. The fourth-order valence-electron chi connectivity index (χ4n) is 4.42. The van der Waals surface area contributed by atoms with Crippen molar-refractivity contribution in [1.82, 2.24) is 19.9 Å². The standard InChI is InChI=1S/C22H28N4O/c1-15-14-18(16(2)26(15)17-8-4-3-5-9-17)22(27)23-13-12-21-24-19-10-6-7-11-20(19)25-21/h6-7,10-11,14,17H,3-5,8-9,12-13H2,1-2H3,(H,23,27)(H,24,25). The summed E-state index contributed by atoms with van der Waals surface area (Å²) in [5, 5.41) is 3.06. The first-order valence-corrected chi connectivity index (χ1v) is 10.0. The maximum atomic E-state index is 12.7. The van der Waals surface area contributed by atoms with E-state index in [9.17, 15) is 4.79 Å². The molecule has 4 rings (SSSR count). The molecule has 0 bridgehead atoms. The smallest absolute Gasteiger partial charge is 0.253 e. The minimum absolute atomic E-state index is 0.0151. The van der Waals surface area contributed by atoms with Gasteiger partial charge in [-0.2, -0.15) is 0 Å². The summed E-state index contributed by atoms with van der Waals surface area (Å²) in [5.74, 6) is 0.922. The van der Waals surface area contributed by atoms with E-state index in [2.05, 4.69) is 33.7 Å². The third kappa shape index (κ3) is 3.64. The van der Waals surface area contributed by atoms with E-state index in [1.165, 1.54) is 37.8 Å². The molecule has 1 aliphatic rings. The largest absolute Gasteiger partial charge is 0.352 e. The number of aryl methyl sites for hydroxylation is 1. The molecule has 5 nitrogen and oxygen atoms in total. The molecule has 0 atom stereocenters. The summed E-state index contributed by atoms with van der Waals surface area (Å²) in [7, 11) is 0. The van der Waals surface area contributed by atoms with Gasteiger partial charge < -0.3 is 14.9 Å². The topological polar surface area (TPSA) is 62.7 Å². The molecular weight excluding hydrogens is 336 g/mol. The second kappa shape index (κ2) is 7.59. The number of carbonyl (C=O) groups excluding carboxylic acids is 1. The third-order valence-electron chi connectivity index (χ3n) is 5.75. The van der Waals surface area contributed by atoms with Gasteiger partial charge in [-0.1, -0.05) is 31.4 Å². The number of carbonyl (C=O) groups is 1. The molecule has 142 valence electrons. The first-order valence-electron chi connectivity index (χ1n) is 10.0. The Hall–Kier alpha value is -2.56. The van der Waals surface area contributed by atoms with Gasteiger partial charge in [0.1, 0.15) is 5.82 Å². The molecular formula is C22H28N4O. The molecule has 0 radical (unpaired) electrons. The van der Waals surface area contributed by atoms with Gasteiger partial charge in [0.05, 0.1) is 16.6 Å². The van der Waals surface area contributed by atoms with Crippen molar-refractivity contribution in [3.63, 3.8) is 0 Å². The number of para-hydroxylation sites is 2. The van der Waals surface area contributed by atoms with E-state index in [0.717, 1.165) is 28.1 Å². The molecule has 0 spiro atoms. The number of H-pyrrole nitrogens is 1. The van der Waals surface area contributed by atoms with Crippen LogP contribution in [-0.2, 0) is 6.42 Å². The normalized spacial score (nSPS) is 15.3. The van der Waals surface area contributed by atoms with E-state index >= 15 is 0 Å². The van der Waals surface area contributed by atoms with Crippen LogP contribution in [0.4, 0.5) is 0 Å². The van der Waals surface area contributed by atoms with Crippen LogP contribution in [0.3, 0.4) is 0 Å². The monoisotopic (exact) mass is 364 g/mol. The SMILES string of the molecule is Cc1cc(C(=O)NCCc2nc3ccccc3[nH]2)c(C)n1C1CCCCC1. The predicted molar refractivity (Wildman–Crippen MR) is 108 cm³/mol. The summed E-state index contributed by atoms with van der Waals surface area (Å²) in [6.07, 6.45) is 7.07. The van der Waals surface area contributed by atoms with Crippen molar-refractivity contribution in [3.05, 3.63) is 53.1 Å². The Morgan fingerprint density at radius 3 is 2.78 bits per heavy atom. The van der Waals surface area contributed by atoms with Crippen LogP contribution >= 0.6 is 0 Å². The van der Waals surface area contributed by atoms with Crippen LogP contribution in [0.25, 0.3) is 11.0 Å².